The molecule has 0 bridgehead atoms. The number of nitrogens with two attached hydrogens (primary N) is 1. The van der Waals surface area contributed by atoms with Gasteiger partial charge in [0.2, 0.25) is 0 Å². The molecule has 2 heteroatoms. The van der Waals surface area contributed by atoms with Crippen LogP contribution in [-0.2, 0) is 0 Å². The minimum atomic E-state index is 0.477. The summed E-state index contributed by atoms with van der Waals surface area (Å²) in [5, 5.41) is 0. The van der Waals surface area contributed by atoms with Gasteiger partial charge >= 0.3 is 0 Å². The zero-order chi connectivity index (χ0) is 13.9. The van der Waals surface area contributed by atoms with Gasteiger partial charge in [-0.2, -0.15) is 0 Å². The van der Waals surface area contributed by atoms with Gasteiger partial charge in [-0.1, -0.05) is 40.0 Å². The number of rotatable bonds is 4. The molecule has 2 nitrogen and oxygen atoms in total. The van der Waals surface area contributed by atoms with E-state index in [9.17, 15) is 0 Å². The minimum Gasteiger partial charge on any atom is -0.330 e. The van der Waals surface area contributed by atoms with Gasteiger partial charge in [0.15, 0.2) is 0 Å². The van der Waals surface area contributed by atoms with Crippen molar-refractivity contribution in [2.45, 2.75) is 65.7 Å². The van der Waals surface area contributed by atoms with Gasteiger partial charge in [-0.15, -0.1) is 0 Å². The van der Waals surface area contributed by atoms with Crippen LogP contribution in [0.25, 0.3) is 0 Å². The number of hydrogen-bond acceptors (Lipinski definition) is 2. The van der Waals surface area contributed by atoms with Crippen LogP contribution >= 0.6 is 0 Å². The smallest absolute Gasteiger partial charge is 0.00151 e. The normalized spacial score (nSPS) is 28.7. The van der Waals surface area contributed by atoms with Crippen LogP contribution in [0.1, 0.15) is 65.7 Å². The molecule has 2 fully saturated rings. The summed E-state index contributed by atoms with van der Waals surface area (Å²) in [5.74, 6) is 0.882. The number of hydrogen-bond donors (Lipinski definition) is 1. The fourth-order valence-corrected chi connectivity index (χ4v) is 4.00. The van der Waals surface area contributed by atoms with Gasteiger partial charge in [-0.3, -0.25) is 0 Å². The molecule has 2 N–H and O–H groups in total. The van der Waals surface area contributed by atoms with Crippen molar-refractivity contribution in [1.29, 1.82) is 0 Å². The average Bonchev–Trinajstić information content (AvgIpc) is 2.86. The van der Waals surface area contributed by atoms with Gasteiger partial charge < -0.3 is 10.6 Å². The topological polar surface area (TPSA) is 29.3 Å². The van der Waals surface area contributed by atoms with Gasteiger partial charge in [0.05, 0.1) is 0 Å². The van der Waals surface area contributed by atoms with Gasteiger partial charge in [0, 0.05) is 6.54 Å². The Kier molecular flexibility index (Phi) is 4.94. The Morgan fingerprint density at radius 2 is 1.84 bits per heavy atom. The van der Waals surface area contributed by atoms with E-state index in [4.69, 9.17) is 5.73 Å². The Balaban J connectivity index is 1.79. The molecule has 112 valence electrons. The Morgan fingerprint density at radius 1 is 1.16 bits per heavy atom. The molecule has 2 rings (SSSR count). The zero-order valence-corrected chi connectivity index (χ0v) is 13.4. The Bertz CT molecular complexity index is 273. The van der Waals surface area contributed by atoms with Gasteiger partial charge in [0.25, 0.3) is 0 Å². The van der Waals surface area contributed by atoms with Crippen LogP contribution in [0, 0.1) is 16.7 Å². The van der Waals surface area contributed by atoms with E-state index in [0.29, 0.717) is 10.8 Å². The Hall–Kier alpha value is -0.0800. The van der Waals surface area contributed by atoms with Crippen molar-refractivity contribution in [3.63, 3.8) is 0 Å². The van der Waals surface area contributed by atoms with Crippen molar-refractivity contribution in [2.24, 2.45) is 22.5 Å². The predicted octanol–water partition coefficient (Wildman–Crippen LogP) is 3.65. The molecular weight excluding hydrogens is 232 g/mol. The van der Waals surface area contributed by atoms with Crippen molar-refractivity contribution in [3.05, 3.63) is 0 Å². The van der Waals surface area contributed by atoms with E-state index in [1.54, 1.807) is 0 Å². The molecule has 1 aliphatic carbocycles. The fourth-order valence-electron chi connectivity index (χ4n) is 4.00. The number of likely N-dealkylation sites (tertiary alicyclic amines) is 1. The summed E-state index contributed by atoms with van der Waals surface area (Å²) in [6.45, 7) is 12.0. The second-order valence-corrected chi connectivity index (χ2v) is 8.17. The van der Waals surface area contributed by atoms with Crippen LogP contribution in [0.5, 0.6) is 0 Å². The number of nitrogens with zero attached hydrogens (tertiary/aromatic N) is 1. The average molecular weight is 266 g/mol. The van der Waals surface area contributed by atoms with Gasteiger partial charge in [-0.05, 0) is 62.1 Å². The van der Waals surface area contributed by atoms with Crippen LogP contribution in [0.15, 0.2) is 0 Å². The largest absolute Gasteiger partial charge is 0.330 e. The maximum absolute atomic E-state index is 6.10. The maximum atomic E-state index is 6.10. The lowest BCUT2D eigenvalue weighted by Crippen LogP contribution is -2.37. The molecule has 0 radical (unpaired) electrons. The molecule has 1 saturated heterocycles. The summed E-state index contributed by atoms with van der Waals surface area (Å²) in [6.07, 6.45) is 9.71. The van der Waals surface area contributed by atoms with E-state index in [2.05, 4.69) is 25.7 Å². The third-order valence-corrected chi connectivity index (χ3v) is 5.80. The molecule has 2 aliphatic rings. The summed E-state index contributed by atoms with van der Waals surface area (Å²) in [5.41, 5.74) is 7.06. The summed E-state index contributed by atoms with van der Waals surface area (Å²) in [4.78, 5) is 2.70. The Labute approximate surface area is 120 Å². The first-order chi connectivity index (χ1) is 8.95. The molecule has 0 spiro atoms. The lowest BCUT2D eigenvalue weighted by Gasteiger charge is -2.37. The van der Waals surface area contributed by atoms with Crippen molar-refractivity contribution in [1.82, 2.24) is 4.90 Å². The highest BCUT2D eigenvalue weighted by Gasteiger charge is 2.34. The predicted molar refractivity (Wildman–Crippen MR) is 83.2 cm³/mol. The second kappa shape index (κ2) is 6.13. The van der Waals surface area contributed by atoms with Crippen molar-refractivity contribution in [2.75, 3.05) is 26.2 Å². The van der Waals surface area contributed by atoms with E-state index < -0.39 is 0 Å². The molecule has 0 amide bonds. The molecule has 1 heterocycles. The van der Waals surface area contributed by atoms with Crippen LogP contribution in [-0.4, -0.2) is 31.1 Å². The third-order valence-electron chi connectivity index (χ3n) is 5.80. The van der Waals surface area contributed by atoms with E-state index in [1.807, 2.05) is 0 Å². The van der Waals surface area contributed by atoms with Crippen LogP contribution < -0.4 is 5.73 Å². The first-order valence-electron chi connectivity index (χ1n) is 8.38. The highest BCUT2D eigenvalue weighted by atomic mass is 15.1. The van der Waals surface area contributed by atoms with Crippen molar-refractivity contribution >= 4 is 0 Å². The summed E-state index contributed by atoms with van der Waals surface area (Å²) in [7, 11) is 0. The lowest BCUT2D eigenvalue weighted by molar-refractivity contribution is 0.149. The quantitative estimate of drug-likeness (QED) is 0.841. The highest BCUT2D eigenvalue weighted by Crippen LogP contribution is 2.39. The monoisotopic (exact) mass is 266 g/mol. The second-order valence-electron chi connectivity index (χ2n) is 8.17. The minimum absolute atomic E-state index is 0.477. The van der Waals surface area contributed by atoms with E-state index in [-0.39, 0.29) is 0 Å². The van der Waals surface area contributed by atoms with Crippen molar-refractivity contribution < 1.29 is 0 Å². The van der Waals surface area contributed by atoms with E-state index in [1.165, 1.54) is 64.6 Å². The van der Waals surface area contributed by atoms with Crippen LogP contribution in [0.3, 0.4) is 0 Å². The molecular formula is C17H34N2. The third kappa shape index (κ3) is 3.95. The van der Waals surface area contributed by atoms with Crippen LogP contribution in [0.4, 0.5) is 0 Å². The maximum Gasteiger partial charge on any atom is 0.00151 e. The van der Waals surface area contributed by atoms with Crippen molar-refractivity contribution in [3.8, 4) is 0 Å². The first kappa shape index (κ1) is 15.3. The molecule has 0 aromatic rings. The molecule has 0 aromatic carbocycles. The molecule has 1 atom stereocenters. The first-order valence-corrected chi connectivity index (χ1v) is 8.38. The van der Waals surface area contributed by atoms with Gasteiger partial charge in [-0.25, -0.2) is 0 Å². The Morgan fingerprint density at radius 3 is 2.37 bits per heavy atom. The molecule has 1 saturated carbocycles. The van der Waals surface area contributed by atoms with Gasteiger partial charge in [0.1, 0.15) is 0 Å². The molecule has 19 heavy (non-hydrogen) atoms. The standard InChI is InChI=1S/C17H34N2/c1-16(2,3)15-7-11-19(13-15)12-10-17(14-18)8-5-4-6-9-17/h15H,4-14,18H2,1-3H3. The zero-order valence-electron chi connectivity index (χ0n) is 13.4. The summed E-state index contributed by atoms with van der Waals surface area (Å²) in [6, 6.07) is 0. The molecule has 0 aromatic heterocycles. The SMILES string of the molecule is CC(C)(C)C1CCN(CCC2(CN)CCCCC2)C1. The van der Waals surface area contributed by atoms with Crippen LogP contribution in [0.2, 0.25) is 0 Å². The molecule has 1 aliphatic heterocycles. The highest BCUT2D eigenvalue weighted by molar-refractivity contribution is 4.88. The van der Waals surface area contributed by atoms with E-state index in [0.717, 1.165) is 12.5 Å². The fraction of sp³-hybridized carbons (Fsp3) is 1.00. The molecule has 1 unspecified atom stereocenters. The summed E-state index contributed by atoms with van der Waals surface area (Å²) >= 11 is 0. The lowest BCUT2D eigenvalue weighted by atomic mass is 9.72. The van der Waals surface area contributed by atoms with E-state index >= 15 is 0 Å². The summed E-state index contributed by atoms with van der Waals surface area (Å²) < 4.78 is 0.